The number of ether oxygens (including phenoxy) is 2. The normalized spacial score (nSPS) is 12.2. The molecule has 0 aromatic carbocycles. The van der Waals surface area contributed by atoms with E-state index in [1.165, 1.54) is 83.5 Å². The van der Waals surface area contributed by atoms with Crippen molar-refractivity contribution in [2.45, 2.75) is 200 Å². The van der Waals surface area contributed by atoms with Crippen molar-refractivity contribution in [3.05, 3.63) is 24.3 Å². The monoisotopic (exact) mass is 649 g/mol. The topological polar surface area (TPSA) is 89.9 Å². The predicted octanol–water partition coefficient (Wildman–Crippen LogP) is 11.1. The largest absolute Gasteiger partial charge is 0.462 e. The molecule has 0 aliphatic carbocycles. The van der Waals surface area contributed by atoms with Crippen molar-refractivity contribution < 1.29 is 29.0 Å². The number of aliphatic hydroxyl groups is 1. The van der Waals surface area contributed by atoms with Crippen molar-refractivity contribution in [1.29, 1.82) is 0 Å². The molecule has 268 valence electrons. The quantitative estimate of drug-likeness (QED) is 0.0318. The highest BCUT2D eigenvalue weighted by atomic mass is 16.6. The Labute approximate surface area is 283 Å². The van der Waals surface area contributed by atoms with Crippen LogP contribution in [-0.2, 0) is 23.9 Å². The molecule has 0 aromatic rings. The Morgan fingerprint density at radius 1 is 0.543 bits per heavy atom. The summed E-state index contributed by atoms with van der Waals surface area (Å²) in [5, 5.41) is 9.54. The standard InChI is InChI=1S/C40H72O6/c1-3-5-7-8-9-10-11-12-13-14-15-16-19-23-26-30-34-40(44)46-38(35-41)36-45-39(43)33-29-25-22-20-17-18-21-24-28-32-37(42)31-27-6-4-2/h21,24,28,32,38,41H,3-20,22-23,25-27,29-31,33-36H2,1-2H3/b24-21-,32-28+/t38-/m0/s1. The molecule has 0 saturated heterocycles. The molecule has 1 N–H and O–H groups in total. The van der Waals surface area contributed by atoms with Crippen molar-refractivity contribution >= 4 is 17.7 Å². The average molecular weight is 649 g/mol. The average Bonchev–Trinajstić information content (AvgIpc) is 3.05. The molecule has 0 radical (unpaired) electrons. The minimum atomic E-state index is -0.792. The molecule has 0 heterocycles. The smallest absolute Gasteiger partial charge is 0.306 e. The number of allylic oxidation sites excluding steroid dienone is 4. The summed E-state index contributed by atoms with van der Waals surface area (Å²) in [6.45, 7) is 3.96. The number of ketones is 1. The molecular weight excluding hydrogens is 576 g/mol. The number of aliphatic hydroxyl groups excluding tert-OH is 1. The number of carbonyl (C=O) groups is 3. The Hall–Kier alpha value is -1.95. The third-order valence-electron chi connectivity index (χ3n) is 8.47. The van der Waals surface area contributed by atoms with Crippen molar-refractivity contribution in [2.75, 3.05) is 13.2 Å². The van der Waals surface area contributed by atoms with Crippen molar-refractivity contribution in [1.82, 2.24) is 0 Å². The number of esters is 2. The van der Waals surface area contributed by atoms with Crippen LogP contribution < -0.4 is 0 Å². The van der Waals surface area contributed by atoms with E-state index in [1.807, 2.05) is 12.2 Å². The van der Waals surface area contributed by atoms with E-state index >= 15 is 0 Å². The lowest BCUT2D eigenvalue weighted by molar-refractivity contribution is -0.161. The number of hydrogen-bond acceptors (Lipinski definition) is 6. The van der Waals surface area contributed by atoms with Crippen molar-refractivity contribution in [3.63, 3.8) is 0 Å². The van der Waals surface area contributed by atoms with Gasteiger partial charge < -0.3 is 14.6 Å². The van der Waals surface area contributed by atoms with Gasteiger partial charge in [0.05, 0.1) is 6.61 Å². The lowest BCUT2D eigenvalue weighted by Gasteiger charge is -2.15. The number of unbranched alkanes of at least 4 members (excludes halogenated alkanes) is 22. The lowest BCUT2D eigenvalue weighted by Crippen LogP contribution is -2.28. The zero-order valence-electron chi connectivity index (χ0n) is 30.1. The highest BCUT2D eigenvalue weighted by Gasteiger charge is 2.16. The van der Waals surface area contributed by atoms with E-state index in [1.54, 1.807) is 6.08 Å². The Morgan fingerprint density at radius 2 is 0.978 bits per heavy atom. The van der Waals surface area contributed by atoms with Crippen LogP contribution >= 0.6 is 0 Å². The van der Waals surface area contributed by atoms with E-state index in [0.717, 1.165) is 77.0 Å². The minimum absolute atomic E-state index is 0.0921. The first-order valence-corrected chi connectivity index (χ1v) is 19.3. The molecule has 0 amide bonds. The number of hydrogen-bond donors (Lipinski definition) is 1. The molecule has 6 heteroatoms. The van der Waals surface area contributed by atoms with E-state index in [4.69, 9.17) is 9.47 Å². The second-order valence-electron chi connectivity index (χ2n) is 13.0. The first kappa shape index (κ1) is 44.0. The van der Waals surface area contributed by atoms with Crippen LogP contribution in [0.4, 0.5) is 0 Å². The van der Waals surface area contributed by atoms with Gasteiger partial charge in [-0.3, -0.25) is 14.4 Å². The molecule has 0 spiro atoms. The molecule has 0 unspecified atom stereocenters. The number of carbonyl (C=O) groups excluding carboxylic acids is 3. The van der Waals surface area contributed by atoms with Crippen LogP contribution in [0.25, 0.3) is 0 Å². The van der Waals surface area contributed by atoms with Gasteiger partial charge in [-0.15, -0.1) is 0 Å². The summed E-state index contributed by atoms with van der Waals surface area (Å²) in [5.74, 6) is -0.446. The number of rotatable bonds is 35. The van der Waals surface area contributed by atoms with Crippen molar-refractivity contribution in [3.8, 4) is 0 Å². The van der Waals surface area contributed by atoms with E-state index in [2.05, 4.69) is 19.9 Å². The Bertz CT molecular complexity index is 759. The second kappa shape index (κ2) is 35.9. The van der Waals surface area contributed by atoms with Gasteiger partial charge in [-0.2, -0.15) is 0 Å². The maximum absolute atomic E-state index is 12.2. The minimum Gasteiger partial charge on any atom is -0.462 e. The first-order valence-electron chi connectivity index (χ1n) is 19.3. The highest BCUT2D eigenvalue weighted by Crippen LogP contribution is 2.15. The second-order valence-corrected chi connectivity index (χ2v) is 13.0. The molecule has 0 aromatic heterocycles. The summed E-state index contributed by atoms with van der Waals surface area (Å²) in [4.78, 5) is 35.9. The van der Waals surface area contributed by atoms with E-state index in [0.29, 0.717) is 19.3 Å². The predicted molar refractivity (Wildman–Crippen MR) is 192 cm³/mol. The van der Waals surface area contributed by atoms with Crippen LogP contribution in [0.3, 0.4) is 0 Å². The van der Waals surface area contributed by atoms with Gasteiger partial charge in [0.15, 0.2) is 11.9 Å². The fourth-order valence-corrected chi connectivity index (χ4v) is 5.48. The Morgan fingerprint density at radius 3 is 1.50 bits per heavy atom. The van der Waals surface area contributed by atoms with Crippen LogP contribution in [-0.4, -0.2) is 42.1 Å². The molecule has 0 aliphatic heterocycles. The summed E-state index contributed by atoms with van der Waals surface area (Å²) < 4.78 is 10.6. The van der Waals surface area contributed by atoms with Gasteiger partial charge in [0, 0.05) is 19.3 Å². The third kappa shape index (κ3) is 33.4. The maximum Gasteiger partial charge on any atom is 0.306 e. The van der Waals surface area contributed by atoms with Gasteiger partial charge >= 0.3 is 11.9 Å². The zero-order valence-corrected chi connectivity index (χ0v) is 30.1. The summed E-state index contributed by atoms with van der Waals surface area (Å²) in [6.07, 6.45) is 37.8. The molecule has 0 saturated carbocycles. The molecule has 0 bridgehead atoms. The van der Waals surface area contributed by atoms with E-state index in [9.17, 15) is 19.5 Å². The first-order chi connectivity index (χ1) is 22.5. The van der Waals surface area contributed by atoms with Crippen LogP contribution in [0.15, 0.2) is 24.3 Å². The molecular formula is C40H72O6. The van der Waals surface area contributed by atoms with Crippen LogP contribution in [0.5, 0.6) is 0 Å². The van der Waals surface area contributed by atoms with Gasteiger partial charge in [-0.05, 0) is 38.2 Å². The Balaban J connectivity index is 3.60. The summed E-state index contributed by atoms with van der Waals surface area (Å²) in [5.41, 5.74) is 0. The zero-order chi connectivity index (χ0) is 33.8. The fourth-order valence-electron chi connectivity index (χ4n) is 5.48. The molecule has 6 nitrogen and oxygen atoms in total. The highest BCUT2D eigenvalue weighted by molar-refractivity contribution is 5.89. The molecule has 1 atom stereocenters. The van der Waals surface area contributed by atoms with Gasteiger partial charge in [0.2, 0.25) is 0 Å². The molecule has 0 aliphatic rings. The van der Waals surface area contributed by atoms with Crippen molar-refractivity contribution in [2.24, 2.45) is 0 Å². The molecule has 0 fully saturated rings. The summed E-state index contributed by atoms with van der Waals surface area (Å²) in [6, 6.07) is 0. The summed E-state index contributed by atoms with van der Waals surface area (Å²) in [7, 11) is 0. The SMILES string of the molecule is CCCCCCCCCCCCCCCCCCC(=O)O[C@@H](CO)COC(=O)CCCCCCC/C=C\C=C\C(=O)CCCCC. The van der Waals surface area contributed by atoms with Gasteiger partial charge in [0.1, 0.15) is 6.61 Å². The van der Waals surface area contributed by atoms with Gasteiger partial charge in [0.25, 0.3) is 0 Å². The van der Waals surface area contributed by atoms with E-state index in [-0.39, 0.29) is 30.9 Å². The van der Waals surface area contributed by atoms with Gasteiger partial charge in [-0.25, -0.2) is 0 Å². The lowest BCUT2D eigenvalue weighted by atomic mass is 10.0. The van der Waals surface area contributed by atoms with Crippen LogP contribution in [0.1, 0.15) is 194 Å². The maximum atomic E-state index is 12.2. The molecule has 0 rings (SSSR count). The van der Waals surface area contributed by atoms with E-state index < -0.39 is 6.10 Å². The summed E-state index contributed by atoms with van der Waals surface area (Å²) >= 11 is 0. The Kier molecular flexibility index (Phi) is 34.4. The third-order valence-corrected chi connectivity index (χ3v) is 8.47. The van der Waals surface area contributed by atoms with Gasteiger partial charge in [-0.1, -0.05) is 160 Å². The fraction of sp³-hybridized carbons (Fsp3) is 0.825. The molecule has 46 heavy (non-hydrogen) atoms. The van der Waals surface area contributed by atoms with Crippen LogP contribution in [0.2, 0.25) is 0 Å². The van der Waals surface area contributed by atoms with Crippen LogP contribution in [0, 0.1) is 0 Å².